The van der Waals surface area contributed by atoms with Gasteiger partial charge in [-0.05, 0) is 42.5 Å². The molecule has 2 aromatic heterocycles. The highest BCUT2D eigenvalue weighted by molar-refractivity contribution is 7.16. The van der Waals surface area contributed by atoms with Crippen LogP contribution in [0.4, 0.5) is 16.6 Å². The molecule has 1 aromatic carbocycles. The molecule has 1 aliphatic rings. The molecular weight excluding hydrogens is 352 g/mol. The molecule has 0 amide bonds. The summed E-state index contributed by atoms with van der Waals surface area (Å²) in [6.07, 6.45) is 5.19. The molecule has 0 spiro atoms. The Bertz CT molecular complexity index is 1050. The van der Waals surface area contributed by atoms with Gasteiger partial charge in [0.25, 0.3) is 0 Å². The number of allylic oxidation sites excluding steroid dienone is 1. The lowest BCUT2D eigenvalue weighted by atomic mass is 10.1. The third kappa shape index (κ3) is 3.05. The van der Waals surface area contributed by atoms with Crippen molar-refractivity contribution in [2.75, 3.05) is 5.32 Å². The molecular formula is C18H12N4O3S. The lowest BCUT2D eigenvalue weighted by molar-refractivity contribution is 0.0697. The molecule has 0 saturated carbocycles. The SMILES string of the molecule is O=C(O)c1ccc(Nc2nc(O)c(/C=C3\C=Nc4ncccc43)s2)cc1. The Morgan fingerprint density at radius 1 is 1.19 bits per heavy atom. The van der Waals surface area contributed by atoms with E-state index >= 15 is 0 Å². The fourth-order valence-electron chi connectivity index (χ4n) is 2.47. The zero-order chi connectivity index (χ0) is 18.1. The minimum Gasteiger partial charge on any atom is -0.492 e. The van der Waals surface area contributed by atoms with Crippen LogP contribution in [0.25, 0.3) is 11.6 Å². The van der Waals surface area contributed by atoms with Gasteiger partial charge in [0.2, 0.25) is 5.88 Å². The van der Waals surface area contributed by atoms with Gasteiger partial charge in [0.05, 0.1) is 10.4 Å². The molecule has 0 saturated heterocycles. The van der Waals surface area contributed by atoms with Gasteiger partial charge < -0.3 is 15.5 Å². The molecule has 0 unspecified atom stereocenters. The minimum atomic E-state index is -0.981. The topological polar surface area (TPSA) is 108 Å². The number of hydrogen-bond donors (Lipinski definition) is 3. The molecule has 0 bridgehead atoms. The standard InChI is InChI=1S/C18H12N4O3S/c23-16-14(8-11-9-20-15-13(11)2-1-7-19-15)26-18(22-16)21-12-5-3-10(4-6-12)17(24)25/h1-9,23H,(H,21,22)(H,24,25)/b11-8+. The monoisotopic (exact) mass is 364 g/mol. The van der Waals surface area contributed by atoms with Gasteiger partial charge in [0.1, 0.15) is 0 Å². The highest BCUT2D eigenvalue weighted by atomic mass is 32.1. The van der Waals surface area contributed by atoms with Crippen molar-refractivity contribution in [2.24, 2.45) is 4.99 Å². The number of carboxylic acid groups (broad SMARTS) is 1. The predicted octanol–water partition coefficient (Wildman–Crippen LogP) is 3.94. The van der Waals surface area contributed by atoms with Crippen molar-refractivity contribution >= 4 is 51.8 Å². The Balaban J connectivity index is 1.58. The number of fused-ring (bicyclic) bond motifs is 1. The molecule has 3 aromatic rings. The summed E-state index contributed by atoms with van der Waals surface area (Å²) in [5, 5.41) is 22.6. The zero-order valence-electron chi connectivity index (χ0n) is 13.2. The van der Waals surface area contributed by atoms with E-state index in [0.717, 1.165) is 11.1 Å². The summed E-state index contributed by atoms with van der Waals surface area (Å²) in [6.45, 7) is 0. The lowest BCUT2D eigenvalue weighted by Crippen LogP contribution is -1.96. The lowest BCUT2D eigenvalue weighted by Gasteiger charge is -2.02. The maximum absolute atomic E-state index is 10.9. The zero-order valence-corrected chi connectivity index (χ0v) is 14.1. The number of benzene rings is 1. The number of aromatic hydroxyl groups is 1. The van der Waals surface area contributed by atoms with Gasteiger partial charge in [-0.25, -0.2) is 14.8 Å². The number of rotatable bonds is 4. The Morgan fingerprint density at radius 2 is 2.00 bits per heavy atom. The fourth-order valence-corrected chi connectivity index (χ4v) is 3.30. The molecule has 26 heavy (non-hydrogen) atoms. The highest BCUT2D eigenvalue weighted by Crippen LogP contribution is 2.36. The number of anilines is 2. The summed E-state index contributed by atoms with van der Waals surface area (Å²) in [5.74, 6) is -0.414. The number of pyridine rings is 1. The number of nitrogens with one attached hydrogen (secondary N) is 1. The molecule has 0 atom stereocenters. The highest BCUT2D eigenvalue weighted by Gasteiger charge is 2.15. The smallest absolute Gasteiger partial charge is 0.335 e. The first kappa shape index (κ1) is 16.0. The summed E-state index contributed by atoms with van der Waals surface area (Å²) in [7, 11) is 0. The van der Waals surface area contributed by atoms with Gasteiger partial charge in [-0.1, -0.05) is 11.3 Å². The van der Waals surface area contributed by atoms with Crippen molar-refractivity contribution in [2.45, 2.75) is 0 Å². The Labute approximate surface area is 152 Å². The van der Waals surface area contributed by atoms with E-state index in [9.17, 15) is 9.90 Å². The van der Waals surface area contributed by atoms with Crippen LogP contribution in [0, 0.1) is 0 Å². The second kappa shape index (κ2) is 6.41. The van der Waals surface area contributed by atoms with E-state index in [4.69, 9.17) is 5.11 Å². The first-order chi connectivity index (χ1) is 12.6. The maximum Gasteiger partial charge on any atom is 0.335 e. The second-order valence-electron chi connectivity index (χ2n) is 5.45. The van der Waals surface area contributed by atoms with Crippen LogP contribution in [0.2, 0.25) is 0 Å². The quantitative estimate of drug-likeness (QED) is 0.647. The number of carboxylic acids is 1. The number of aromatic carboxylic acids is 1. The van der Waals surface area contributed by atoms with E-state index < -0.39 is 5.97 Å². The third-order valence-corrected chi connectivity index (χ3v) is 4.63. The fraction of sp³-hybridized carbons (Fsp3) is 0. The summed E-state index contributed by atoms with van der Waals surface area (Å²) in [4.78, 5) is 24.0. The molecule has 0 aliphatic carbocycles. The molecule has 4 rings (SSSR count). The number of nitrogens with zero attached hydrogens (tertiary/aromatic N) is 3. The molecule has 3 N–H and O–H groups in total. The summed E-state index contributed by atoms with van der Waals surface area (Å²) in [5.41, 5.74) is 2.64. The second-order valence-corrected chi connectivity index (χ2v) is 6.48. The van der Waals surface area contributed by atoms with Crippen LogP contribution in [0.3, 0.4) is 0 Å². The van der Waals surface area contributed by atoms with E-state index in [1.54, 1.807) is 24.5 Å². The molecule has 0 radical (unpaired) electrons. The van der Waals surface area contributed by atoms with Crippen molar-refractivity contribution in [3.8, 4) is 5.88 Å². The van der Waals surface area contributed by atoms with Crippen molar-refractivity contribution in [1.29, 1.82) is 0 Å². The van der Waals surface area contributed by atoms with Gasteiger partial charge in [-0.15, -0.1) is 0 Å². The largest absolute Gasteiger partial charge is 0.492 e. The Hall–Kier alpha value is -3.52. The first-order valence-corrected chi connectivity index (χ1v) is 8.43. The minimum absolute atomic E-state index is 0.0853. The average Bonchev–Trinajstić information content (AvgIpc) is 3.20. The van der Waals surface area contributed by atoms with Crippen LogP contribution < -0.4 is 5.32 Å². The van der Waals surface area contributed by atoms with E-state index in [1.807, 2.05) is 18.2 Å². The van der Waals surface area contributed by atoms with Crippen LogP contribution in [0.1, 0.15) is 20.8 Å². The van der Waals surface area contributed by atoms with E-state index in [-0.39, 0.29) is 11.4 Å². The van der Waals surface area contributed by atoms with Crippen molar-refractivity contribution in [1.82, 2.24) is 9.97 Å². The predicted molar refractivity (Wildman–Crippen MR) is 101 cm³/mol. The van der Waals surface area contributed by atoms with E-state index in [0.29, 0.717) is 21.5 Å². The maximum atomic E-state index is 10.9. The average molecular weight is 364 g/mol. The molecule has 3 heterocycles. The van der Waals surface area contributed by atoms with E-state index in [2.05, 4.69) is 20.3 Å². The number of carbonyl (C=O) groups is 1. The van der Waals surface area contributed by atoms with E-state index in [1.165, 1.54) is 23.5 Å². The van der Waals surface area contributed by atoms with Crippen molar-refractivity contribution in [3.05, 3.63) is 58.6 Å². The number of aromatic nitrogens is 2. The number of aliphatic imine (C=N–C) groups is 1. The van der Waals surface area contributed by atoms with Crippen LogP contribution in [-0.2, 0) is 0 Å². The third-order valence-electron chi connectivity index (χ3n) is 3.73. The summed E-state index contributed by atoms with van der Waals surface area (Å²) in [6, 6.07) is 10.0. The number of thiazole rings is 1. The Morgan fingerprint density at radius 3 is 2.77 bits per heavy atom. The van der Waals surface area contributed by atoms with Gasteiger partial charge in [0, 0.05) is 29.2 Å². The van der Waals surface area contributed by atoms with Crippen LogP contribution in [-0.4, -0.2) is 32.4 Å². The first-order valence-electron chi connectivity index (χ1n) is 7.61. The number of hydrogen-bond acceptors (Lipinski definition) is 7. The van der Waals surface area contributed by atoms with Gasteiger partial charge in [-0.2, -0.15) is 4.98 Å². The molecule has 8 heteroatoms. The van der Waals surface area contributed by atoms with Crippen LogP contribution in [0.15, 0.2) is 47.6 Å². The molecule has 0 fully saturated rings. The van der Waals surface area contributed by atoms with Crippen molar-refractivity contribution < 1.29 is 15.0 Å². The molecule has 7 nitrogen and oxygen atoms in total. The van der Waals surface area contributed by atoms with Gasteiger partial charge in [-0.3, -0.25) is 0 Å². The van der Waals surface area contributed by atoms with Crippen LogP contribution >= 0.6 is 11.3 Å². The Kier molecular flexibility index (Phi) is 3.94. The van der Waals surface area contributed by atoms with Gasteiger partial charge >= 0.3 is 5.97 Å². The summed E-state index contributed by atoms with van der Waals surface area (Å²) < 4.78 is 0. The molecule has 128 valence electrons. The van der Waals surface area contributed by atoms with Crippen molar-refractivity contribution in [3.63, 3.8) is 0 Å². The van der Waals surface area contributed by atoms with Crippen LogP contribution in [0.5, 0.6) is 5.88 Å². The molecule has 1 aliphatic heterocycles. The normalized spacial score (nSPS) is 13.8. The summed E-state index contributed by atoms with van der Waals surface area (Å²) >= 11 is 1.28. The van der Waals surface area contributed by atoms with Gasteiger partial charge in [0.15, 0.2) is 10.9 Å².